The van der Waals surface area contributed by atoms with Gasteiger partial charge in [0, 0.05) is 18.1 Å². The Balaban J connectivity index is 1.54. The van der Waals surface area contributed by atoms with Crippen molar-refractivity contribution in [1.29, 1.82) is 0 Å². The Hall–Kier alpha value is -2.75. The average molecular weight is 434 g/mol. The first-order chi connectivity index (χ1) is 13.8. The van der Waals surface area contributed by atoms with E-state index < -0.39 is 15.9 Å². The van der Waals surface area contributed by atoms with Gasteiger partial charge in [-0.05, 0) is 36.8 Å². The highest BCUT2D eigenvalue weighted by atomic mass is 35.5. The van der Waals surface area contributed by atoms with Crippen LogP contribution in [-0.4, -0.2) is 41.4 Å². The molecule has 29 heavy (non-hydrogen) atoms. The Labute approximate surface area is 174 Å². The zero-order valence-corrected chi connectivity index (χ0v) is 17.2. The Bertz CT molecular complexity index is 1080. The fourth-order valence-corrected chi connectivity index (χ4v) is 3.58. The highest BCUT2D eigenvalue weighted by Crippen LogP contribution is 2.14. The highest BCUT2D eigenvalue weighted by Gasteiger charge is 2.16. The molecule has 0 saturated heterocycles. The second-order valence-electron chi connectivity index (χ2n) is 6.25. The SMILES string of the molecule is Cc1nc(C(=O)NCCS(=O)(=O)NCc2ccccc2)nn1-c1ccc(Cl)cc1. The lowest BCUT2D eigenvalue weighted by Crippen LogP contribution is -2.34. The van der Waals surface area contributed by atoms with E-state index >= 15 is 0 Å². The Morgan fingerprint density at radius 3 is 2.48 bits per heavy atom. The van der Waals surface area contributed by atoms with Crippen molar-refractivity contribution in [2.45, 2.75) is 13.5 Å². The Morgan fingerprint density at radius 1 is 1.10 bits per heavy atom. The topological polar surface area (TPSA) is 106 Å². The van der Waals surface area contributed by atoms with Crippen LogP contribution in [0.5, 0.6) is 0 Å². The predicted octanol–water partition coefficient (Wildman–Crippen LogP) is 2.08. The van der Waals surface area contributed by atoms with Gasteiger partial charge in [-0.15, -0.1) is 5.10 Å². The summed E-state index contributed by atoms with van der Waals surface area (Å²) in [5.41, 5.74) is 1.57. The number of benzene rings is 2. The molecule has 3 aromatic rings. The maximum absolute atomic E-state index is 12.3. The minimum atomic E-state index is -3.53. The van der Waals surface area contributed by atoms with E-state index in [4.69, 9.17) is 11.6 Å². The molecule has 2 aromatic carbocycles. The molecule has 0 aliphatic rings. The van der Waals surface area contributed by atoms with Gasteiger partial charge in [0.1, 0.15) is 5.82 Å². The molecule has 0 atom stereocenters. The summed E-state index contributed by atoms with van der Waals surface area (Å²) in [4.78, 5) is 16.4. The third-order valence-electron chi connectivity index (χ3n) is 4.04. The molecular formula is C19H20ClN5O3S. The van der Waals surface area contributed by atoms with Crippen molar-refractivity contribution < 1.29 is 13.2 Å². The van der Waals surface area contributed by atoms with Crippen LogP contribution in [0.1, 0.15) is 22.0 Å². The Kier molecular flexibility index (Phi) is 6.63. The number of hydrogen-bond donors (Lipinski definition) is 2. The number of nitrogens with zero attached hydrogens (tertiary/aromatic N) is 3. The molecule has 0 fully saturated rings. The molecule has 0 radical (unpaired) electrons. The summed E-state index contributed by atoms with van der Waals surface area (Å²) < 4.78 is 28.2. The molecule has 8 nitrogen and oxygen atoms in total. The summed E-state index contributed by atoms with van der Waals surface area (Å²) in [6.45, 7) is 1.86. The van der Waals surface area contributed by atoms with E-state index in [1.165, 1.54) is 4.68 Å². The maximum Gasteiger partial charge on any atom is 0.291 e. The van der Waals surface area contributed by atoms with Crippen molar-refractivity contribution in [1.82, 2.24) is 24.8 Å². The number of nitrogens with one attached hydrogen (secondary N) is 2. The number of amides is 1. The van der Waals surface area contributed by atoms with Crippen molar-refractivity contribution in [2.24, 2.45) is 0 Å². The monoisotopic (exact) mass is 433 g/mol. The fraction of sp³-hybridized carbons (Fsp3) is 0.211. The van der Waals surface area contributed by atoms with Gasteiger partial charge in [-0.2, -0.15) is 0 Å². The molecule has 10 heteroatoms. The van der Waals surface area contributed by atoms with E-state index in [2.05, 4.69) is 20.1 Å². The first-order valence-electron chi connectivity index (χ1n) is 8.83. The summed E-state index contributed by atoms with van der Waals surface area (Å²) >= 11 is 5.88. The van der Waals surface area contributed by atoms with Gasteiger partial charge in [0.05, 0.1) is 11.4 Å². The van der Waals surface area contributed by atoms with Crippen LogP contribution in [-0.2, 0) is 16.6 Å². The number of rotatable bonds is 8. The second-order valence-corrected chi connectivity index (χ2v) is 8.62. The average Bonchev–Trinajstić information content (AvgIpc) is 3.09. The van der Waals surface area contributed by atoms with Gasteiger partial charge in [0.2, 0.25) is 15.8 Å². The standard InChI is InChI=1S/C19H20ClN5O3S/c1-14-23-18(24-25(14)17-9-7-16(20)8-10-17)19(26)21-11-12-29(27,28)22-13-15-5-3-2-4-6-15/h2-10,22H,11-13H2,1H3,(H,21,26). The summed E-state index contributed by atoms with van der Waals surface area (Å²) in [5, 5.41) is 7.31. The van der Waals surface area contributed by atoms with Crippen molar-refractivity contribution in [3.05, 3.63) is 76.8 Å². The summed E-state index contributed by atoms with van der Waals surface area (Å²) in [6, 6.07) is 16.1. The second kappa shape index (κ2) is 9.17. The lowest BCUT2D eigenvalue weighted by Gasteiger charge is -2.07. The molecule has 2 N–H and O–H groups in total. The van der Waals surface area contributed by atoms with E-state index in [1.807, 2.05) is 30.3 Å². The summed E-state index contributed by atoms with van der Waals surface area (Å²) in [6.07, 6.45) is 0. The van der Waals surface area contributed by atoms with Crippen molar-refractivity contribution >= 4 is 27.5 Å². The zero-order valence-electron chi connectivity index (χ0n) is 15.7. The number of sulfonamides is 1. The number of halogens is 1. The minimum Gasteiger partial charge on any atom is -0.348 e. The van der Waals surface area contributed by atoms with E-state index in [0.29, 0.717) is 16.5 Å². The van der Waals surface area contributed by atoms with Crippen LogP contribution in [0.15, 0.2) is 54.6 Å². The molecule has 0 unspecified atom stereocenters. The largest absolute Gasteiger partial charge is 0.348 e. The Morgan fingerprint density at radius 2 is 1.79 bits per heavy atom. The van der Waals surface area contributed by atoms with Gasteiger partial charge in [-0.3, -0.25) is 4.79 Å². The quantitative estimate of drug-likeness (QED) is 0.565. The molecule has 0 aliphatic carbocycles. The van der Waals surface area contributed by atoms with E-state index in [1.54, 1.807) is 31.2 Å². The molecule has 152 valence electrons. The van der Waals surface area contributed by atoms with Crippen LogP contribution >= 0.6 is 11.6 Å². The van der Waals surface area contributed by atoms with E-state index in [0.717, 1.165) is 5.56 Å². The van der Waals surface area contributed by atoms with Crippen LogP contribution in [0.25, 0.3) is 5.69 Å². The smallest absolute Gasteiger partial charge is 0.291 e. The van der Waals surface area contributed by atoms with Gasteiger partial charge < -0.3 is 5.32 Å². The van der Waals surface area contributed by atoms with Gasteiger partial charge in [0.15, 0.2) is 0 Å². The van der Waals surface area contributed by atoms with Gasteiger partial charge >= 0.3 is 0 Å². The molecule has 1 amide bonds. The van der Waals surface area contributed by atoms with Crippen molar-refractivity contribution in [2.75, 3.05) is 12.3 Å². The molecular weight excluding hydrogens is 414 g/mol. The number of carbonyl (C=O) groups is 1. The van der Waals surface area contributed by atoms with Gasteiger partial charge in [0.25, 0.3) is 5.91 Å². The van der Waals surface area contributed by atoms with E-state index in [9.17, 15) is 13.2 Å². The zero-order chi connectivity index (χ0) is 20.9. The number of aromatic nitrogens is 3. The van der Waals surface area contributed by atoms with Crippen molar-refractivity contribution in [3.8, 4) is 5.69 Å². The third kappa shape index (κ3) is 5.86. The minimum absolute atomic E-state index is 0.0351. The first-order valence-corrected chi connectivity index (χ1v) is 10.9. The molecule has 0 bridgehead atoms. The normalized spacial score (nSPS) is 11.4. The third-order valence-corrected chi connectivity index (χ3v) is 5.62. The summed E-state index contributed by atoms with van der Waals surface area (Å²) in [7, 11) is -3.53. The predicted molar refractivity (Wildman–Crippen MR) is 111 cm³/mol. The molecule has 0 aliphatic heterocycles. The van der Waals surface area contributed by atoms with Crippen molar-refractivity contribution in [3.63, 3.8) is 0 Å². The number of carbonyl (C=O) groups excluding carboxylic acids is 1. The molecule has 0 saturated carbocycles. The van der Waals surface area contributed by atoms with Crippen LogP contribution < -0.4 is 10.0 Å². The van der Waals surface area contributed by atoms with Gasteiger partial charge in [-0.25, -0.2) is 22.8 Å². The molecule has 3 rings (SSSR count). The number of hydrogen-bond acceptors (Lipinski definition) is 5. The highest BCUT2D eigenvalue weighted by molar-refractivity contribution is 7.89. The van der Waals surface area contributed by atoms with Crippen LogP contribution in [0.2, 0.25) is 5.02 Å². The number of aryl methyl sites for hydroxylation is 1. The molecule has 1 heterocycles. The van der Waals surface area contributed by atoms with Crippen LogP contribution in [0.3, 0.4) is 0 Å². The molecule has 1 aromatic heterocycles. The fourth-order valence-electron chi connectivity index (χ4n) is 2.55. The molecule has 0 spiro atoms. The van der Waals surface area contributed by atoms with Crippen LogP contribution in [0.4, 0.5) is 0 Å². The van der Waals surface area contributed by atoms with E-state index in [-0.39, 0.29) is 24.7 Å². The summed E-state index contributed by atoms with van der Waals surface area (Å²) in [5.74, 6) is -0.302. The van der Waals surface area contributed by atoms with Crippen LogP contribution in [0, 0.1) is 6.92 Å². The lowest BCUT2D eigenvalue weighted by atomic mass is 10.2. The first kappa shape index (κ1) is 21.0. The maximum atomic E-state index is 12.3. The lowest BCUT2D eigenvalue weighted by molar-refractivity contribution is 0.0946. The van der Waals surface area contributed by atoms with Gasteiger partial charge in [-0.1, -0.05) is 41.9 Å².